The predicted molar refractivity (Wildman–Crippen MR) is 66.0 cm³/mol. The molecule has 1 rings (SSSR count). The molecule has 3 heteroatoms. The number of hydrogen-bond acceptors (Lipinski definition) is 3. The third kappa shape index (κ3) is 3.42. The lowest BCUT2D eigenvalue weighted by atomic mass is 10.0. The number of rotatable bonds is 6. The summed E-state index contributed by atoms with van der Waals surface area (Å²) in [6.45, 7) is 7.21. The molecular formula is C13H21NO2. The van der Waals surface area contributed by atoms with Crippen molar-refractivity contribution in [1.82, 2.24) is 0 Å². The Morgan fingerprint density at radius 3 is 2.50 bits per heavy atom. The molecule has 2 N–H and O–H groups in total. The van der Waals surface area contributed by atoms with Crippen molar-refractivity contribution < 1.29 is 9.47 Å². The molecule has 1 unspecified atom stereocenters. The summed E-state index contributed by atoms with van der Waals surface area (Å²) in [7, 11) is 0. The number of benzene rings is 1. The zero-order valence-corrected chi connectivity index (χ0v) is 10.3. The van der Waals surface area contributed by atoms with E-state index < -0.39 is 0 Å². The van der Waals surface area contributed by atoms with E-state index in [1.54, 1.807) is 0 Å². The molecule has 0 amide bonds. The second-order valence-electron chi connectivity index (χ2n) is 4.02. The second kappa shape index (κ2) is 5.75. The van der Waals surface area contributed by atoms with E-state index in [1.165, 1.54) is 0 Å². The van der Waals surface area contributed by atoms with Gasteiger partial charge in [0.1, 0.15) is 17.1 Å². The molecule has 90 valence electrons. The maximum absolute atomic E-state index is 5.88. The van der Waals surface area contributed by atoms with E-state index in [9.17, 15) is 0 Å². The lowest BCUT2D eigenvalue weighted by Gasteiger charge is -2.28. The van der Waals surface area contributed by atoms with Crippen molar-refractivity contribution in [3.63, 3.8) is 0 Å². The summed E-state index contributed by atoms with van der Waals surface area (Å²) >= 11 is 0. The molecule has 16 heavy (non-hydrogen) atoms. The van der Waals surface area contributed by atoms with Gasteiger partial charge in [0, 0.05) is 12.6 Å². The molecule has 0 heterocycles. The van der Waals surface area contributed by atoms with Crippen molar-refractivity contribution in [1.29, 1.82) is 0 Å². The Morgan fingerprint density at radius 1 is 1.25 bits per heavy atom. The fourth-order valence-corrected chi connectivity index (χ4v) is 1.34. The van der Waals surface area contributed by atoms with E-state index in [2.05, 4.69) is 6.92 Å². The smallest absolute Gasteiger partial charge is 0.123 e. The van der Waals surface area contributed by atoms with Crippen molar-refractivity contribution in [2.75, 3.05) is 13.2 Å². The van der Waals surface area contributed by atoms with Gasteiger partial charge in [-0.05, 0) is 32.4 Å². The molecule has 0 aliphatic heterocycles. The zero-order chi connectivity index (χ0) is 12.0. The van der Waals surface area contributed by atoms with Gasteiger partial charge in [0.05, 0.1) is 6.61 Å². The standard InChI is InChI=1S/C13H21NO2/c1-4-13(3,10-14)16-12-8-6-7-11(9-12)15-5-2/h6-9H,4-5,10,14H2,1-3H3. The molecule has 0 aliphatic rings. The minimum atomic E-state index is -0.301. The molecule has 1 aromatic carbocycles. The number of ether oxygens (including phenoxy) is 2. The van der Waals surface area contributed by atoms with E-state index in [-0.39, 0.29) is 5.60 Å². The molecule has 0 radical (unpaired) electrons. The molecule has 0 spiro atoms. The van der Waals surface area contributed by atoms with Crippen molar-refractivity contribution >= 4 is 0 Å². The molecule has 3 nitrogen and oxygen atoms in total. The highest BCUT2D eigenvalue weighted by Crippen LogP contribution is 2.24. The van der Waals surface area contributed by atoms with Crippen LogP contribution in [0.2, 0.25) is 0 Å². The summed E-state index contributed by atoms with van der Waals surface area (Å²) in [5, 5.41) is 0. The van der Waals surface area contributed by atoms with Crippen LogP contribution in [-0.2, 0) is 0 Å². The monoisotopic (exact) mass is 223 g/mol. The average molecular weight is 223 g/mol. The summed E-state index contributed by atoms with van der Waals surface area (Å²) in [5.41, 5.74) is 5.41. The van der Waals surface area contributed by atoms with Crippen LogP contribution in [0, 0.1) is 0 Å². The number of nitrogens with two attached hydrogens (primary N) is 1. The summed E-state index contributed by atoms with van der Waals surface area (Å²) < 4.78 is 11.3. The summed E-state index contributed by atoms with van der Waals surface area (Å²) in [6, 6.07) is 7.66. The molecule has 1 atom stereocenters. The molecule has 0 fully saturated rings. The van der Waals surface area contributed by atoms with Gasteiger partial charge in [0.25, 0.3) is 0 Å². The fourth-order valence-electron chi connectivity index (χ4n) is 1.34. The highest BCUT2D eigenvalue weighted by atomic mass is 16.5. The van der Waals surface area contributed by atoms with Gasteiger partial charge in [0.2, 0.25) is 0 Å². The SMILES string of the molecule is CCOc1cccc(OC(C)(CC)CN)c1. The van der Waals surface area contributed by atoms with Crippen LogP contribution < -0.4 is 15.2 Å². The van der Waals surface area contributed by atoms with Gasteiger partial charge < -0.3 is 15.2 Å². The first kappa shape index (κ1) is 12.8. The van der Waals surface area contributed by atoms with E-state index in [0.29, 0.717) is 13.2 Å². The van der Waals surface area contributed by atoms with Gasteiger partial charge in [-0.1, -0.05) is 13.0 Å². The van der Waals surface area contributed by atoms with Crippen molar-refractivity contribution in [3.8, 4) is 11.5 Å². The van der Waals surface area contributed by atoms with Crippen LogP contribution in [0.15, 0.2) is 24.3 Å². The van der Waals surface area contributed by atoms with Gasteiger partial charge >= 0.3 is 0 Å². The Hall–Kier alpha value is -1.22. The lowest BCUT2D eigenvalue weighted by Crippen LogP contribution is -2.39. The maximum atomic E-state index is 5.88. The van der Waals surface area contributed by atoms with Gasteiger partial charge in [-0.15, -0.1) is 0 Å². The average Bonchev–Trinajstić information content (AvgIpc) is 2.30. The molecule has 0 aromatic heterocycles. The Morgan fingerprint density at radius 2 is 1.94 bits per heavy atom. The van der Waals surface area contributed by atoms with Crippen LogP contribution in [0.4, 0.5) is 0 Å². The van der Waals surface area contributed by atoms with Crippen LogP contribution in [-0.4, -0.2) is 18.8 Å². The molecule has 0 saturated heterocycles. The molecule has 0 bridgehead atoms. The first-order chi connectivity index (χ1) is 7.63. The first-order valence-corrected chi connectivity index (χ1v) is 5.75. The van der Waals surface area contributed by atoms with E-state index in [1.807, 2.05) is 38.1 Å². The Kier molecular flexibility index (Phi) is 4.62. The predicted octanol–water partition coefficient (Wildman–Crippen LogP) is 2.59. The minimum absolute atomic E-state index is 0.301. The minimum Gasteiger partial charge on any atom is -0.494 e. The summed E-state index contributed by atoms with van der Waals surface area (Å²) in [4.78, 5) is 0. The van der Waals surface area contributed by atoms with Crippen LogP contribution in [0.3, 0.4) is 0 Å². The van der Waals surface area contributed by atoms with Crippen LogP contribution in [0.25, 0.3) is 0 Å². The lowest BCUT2D eigenvalue weighted by molar-refractivity contribution is 0.0931. The van der Waals surface area contributed by atoms with Crippen LogP contribution >= 0.6 is 0 Å². The first-order valence-electron chi connectivity index (χ1n) is 5.75. The van der Waals surface area contributed by atoms with Crippen molar-refractivity contribution in [2.24, 2.45) is 5.73 Å². The fraction of sp³-hybridized carbons (Fsp3) is 0.538. The Labute approximate surface area is 97.6 Å². The normalized spacial score (nSPS) is 14.2. The Bertz CT molecular complexity index is 321. The van der Waals surface area contributed by atoms with Crippen LogP contribution in [0.1, 0.15) is 27.2 Å². The topological polar surface area (TPSA) is 44.5 Å². The van der Waals surface area contributed by atoms with E-state index in [4.69, 9.17) is 15.2 Å². The second-order valence-corrected chi connectivity index (χ2v) is 4.02. The highest BCUT2D eigenvalue weighted by molar-refractivity contribution is 5.33. The zero-order valence-electron chi connectivity index (χ0n) is 10.3. The van der Waals surface area contributed by atoms with E-state index >= 15 is 0 Å². The highest BCUT2D eigenvalue weighted by Gasteiger charge is 2.21. The molecule has 0 aliphatic carbocycles. The Balaban J connectivity index is 2.76. The summed E-state index contributed by atoms with van der Waals surface area (Å²) in [5.74, 6) is 1.64. The van der Waals surface area contributed by atoms with Gasteiger partial charge in [-0.2, -0.15) is 0 Å². The van der Waals surface area contributed by atoms with Crippen molar-refractivity contribution in [3.05, 3.63) is 24.3 Å². The third-order valence-electron chi connectivity index (χ3n) is 2.66. The number of hydrogen-bond donors (Lipinski definition) is 1. The third-order valence-corrected chi connectivity index (χ3v) is 2.66. The molecule has 1 aromatic rings. The van der Waals surface area contributed by atoms with Gasteiger partial charge in [0.15, 0.2) is 0 Å². The maximum Gasteiger partial charge on any atom is 0.123 e. The van der Waals surface area contributed by atoms with Gasteiger partial charge in [-0.3, -0.25) is 0 Å². The van der Waals surface area contributed by atoms with Crippen LogP contribution in [0.5, 0.6) is 11.5 Å². The summed E-state index contributed by atoms with van der Waals surface area (Å²) in [6.07, 6.45) is 0.877. The quantitative estimate of drug-likeness (QED) is 0.806. The van der Waals surface area contributed by atoms with Crippen molar-refractivity contribution in [2.45, 2.75) is 32.8 Å². The van der Waals surface area contributed by atoms with E-state index in [0.717, 1.165) is 17.9 Å². The largest absolute Gasteiger partial charge is 0.494 e. The van der Waals surface area contributed by atoms with Gasteiger partial charge in [-0.25, -0.2) is 0 Å². The molecular weight excluding hydrogens is 202 g/mol. The molecule has 0 saturated carbocycles.